The lowest BCUT2D eigenvalue weighted by molar-refractivity contribution is -0.177. The molecule has 10 heteroatoms. The van der Waals surface area contributed by atoms with Gasteiger partial charge in [0.25, 0.3) is 0 Å². The minimum atomic E-state index is -2.36. The third-order valence-electron chi connectivity index (χ3n) is 9.90. The number of rotatable bonds is 40. The van der Waals surface area contributed by atoms with E-state index in [2.05, 4.69) is 13.8 Å². The topological polar surface area (TPSA) is 157 Å². The Bertz CT molecular complexity index is 879. The molecule has 0 aliphatic carbocycles. The van der Waals surface area contributed by atoms with Gasteiger partial charge in [-0.3, -0.25) is 9.59 Å². The third-order valence-corrected chi connectivity index (χ3v) is 9.90. The molecule has 0 bridgehead atoms. The van der Waals surface area contributed by atoms with Gasteiger partial charge in [-0.05, 0) is 12.8 Å². The maximum absolute atomic E-state index is 12.6. The van der Waals surface area contributed by atoms with Crippen molar-refractivity contribution in [3.8, 4) is 0 Å². The molecule has 0 aromatic carbocycles. The summed E-state index contributed by atoms with van der Waals surface area (Å²) < 4.78 is 15.7. The Morgan fingerprint density at radius 1 is 0.415 bits per heavy atom. The van der Waals surface area contributed by atoms with Crippen molar-refractivity contribution >= 4 is 23.9 Å². The molecule has 0 aromatic rings. The Balaban J connectivity index is 4.26. The average molecular weight is 757 g/mol. The third kappa shape index (κ3) is 34.1. The van der Waals surface area contributed by atoms with Gasteiger partial charge < -0.3 is 29.5 Å². The smallest absolute Gasteiger partial charge is 0.338 e. The number of unbranched alkanes of at least 4 members (excludes halogenated alkanes) is 28. The first-order valence-corrected chi connectivity index (χ1v) is 21.8. The second-order valence-corrected chi connectivity index (χ2v) is 15.1. The van der Waals surface area contributed by atoms with Gasteiger partial charge in [-0.1, -0.05) is 194 Å². The summed E-state index contributed by atoms with van der Waals surface area (Å²) in [7, 11) is 0. The van der Waals surface area contributed by atoms with E-state index in [1.165, 1.54) is 141 Å². The van der Waals surface area contributed by atoms with Crippen LogP contribution in [0.5, 0.6) is 0 Å². The van der Waals surface area contributed by atoms with E-state index in [0.29, 0.717) is 12.8 Å². The molecule has 0 aliphatic rings. The van der Waals surface area contributed by atoms with E-state index in [1.807, 2.05) is 0 Å². The predicted molar refractivity (Wildman–Crippen MR) is 211 cm³/mol. The SMILES string of the molecule is CCCCCCCCCCCCCCCCCC(=O)OCC(COC(=O)[C@H](O)[C@@H](O)C(=O)O)OC(=O)CCCCCCCCCCCCCCCCC. The molecule has 0 saturated carbocycles. The lowest BCUT2D eigenvalue weighted by Gasteiger charge is -2.19. The van der Waals surface area contributed by atoms with Crippen molar-refractivity contribution in [3.63, 3.8) is 0 Å². The Hall–Kier alpha value is -2.20. The lowest BCUT2D eigenvalue weighted by Crippen LogP contribution is -2.42. The van der Waals surface area contributed by atoms with Crippen LogP contribution >= 0.6 is 0 Å². The van der Waals surface area contributed by atoms with E-state index in [0.717, 1.165) is 38.5 Å². The molecule has 0 radical (unpaired) electrons. The van der Waals surface area contributed by atoms with E-state index in [9.17, 15) is 29.4 Å². The molecule has 0 rings (SSSR count). The molecule has 0 fully saturated rings. The summed E-state index contributed by atoms with van der Waals surface area (Å²) in [4.78, 5) is 47.9. The molecule has 0 spiro atoms. The number of carbonyl (C=O) groups excluding carboxylic acids is 3. The first kappa shape index (κ1) is 50.8. The molecule has 0 amide bonds. The summed E-state index contributed by atoms with van der Waals surface area (Å²) in [5.41, 5.74) is 0. The molecule has 312 valence electrons. The molecule has 0 aliphatic heterocycles. The van der Waals surface area contributed by atoms with Crippen LogP contribution in [-0.4, -0.2) is 70.7 Å². The van der Waals surface area contributed by atoms with Crippen LogP contribution in [0.4, 0.5) is 0 Å². The normalized spacial score (nSPS) is 13.0. The molecule has 0 aromatic heterocycles. The van der Waals surface area contributed by atoms with Crippen molar-refractivity contribution in [2.75, 3.05) is 13.2 Å². The number of aliphatic hydroxyl groups excluding tert-OH is 2. The van der Waals surface area contributed by atoms with Crippen LogP contribution in [0.3, 0.4) is 0 Å². The fourth-order valence-electron chi connectivity index (χ4n) is 6.42. The number of hydrogen-bond donors (Lipinski definition) is 3. The highest BCUT2D eigenvalue weighted by Crippen LogP contribution is 2.16. The number of carboxylic acid groups (broad SMARTS) is 1. The highest BCUT2D eigenvalue weighted by Gasteiger charge is 2.32. The van der Waals surface area contributed by atoms with Crippen LogP contribution in [-0.2, 0) is 33.4 Å². The lowest BCUT2D eigenvalue weighted by atomic mass is 10.0. The summed E-state index contributed by atoms with van der Waals surface area (Å²) in [6.45, 7) is 3.60. The Morgan fingerprint density at radius 2 is 0.717 bits per heavy atom. The summed E-state index contributed by atoms with van der Waals surface area (Å²) in [5.74, 6) is -4.14. The summed E-state index contributed by atoms with van der Waals surface area (Å²) in [5, 5.41) is 28.0. The number of ether oxygens (including phenoxy) is 3. The fraction of sp³-hybridized carbons (Fsp3) is 0.907. The van der Waals surface area contributed by atoms with Crippen molar-refractivity contribution in [2.24, 2.45) is 0 Å². The van der Waals surface area contributed by atoms with E-state index in [-0.39, 0.29) is 19.4 Å². The molecular weight excluding hydrogens is 676 g/mol. The van der Waals surface area contributed by atoms with Gasteiger partial charge in [0, 0.05) is 12.8 Å². The molecule has 53 heavy (non-hydrogen) atoms. The maximum Gasteiger partial charge on any atom is 0.338 e. The second-order valence-electron chi connectivity index (χ2n) is 15.1. The Labute approximate surface area is 322 Å². The largest absolute Gasteiger partial charge is 0.479 e. The Kier molecular flexibility index (Phi) is 36.5. The summed E-state index contributed by atoms with van der Waals surface area (Å²) in [6, 6.07) is 0. The second kappa shape index (κ2) is 38.1. The van der Waals surface area contributed by atoms with Crippen LogP contribution < -0.4 is 0 Å². The van der Waals surface area contributed by atoms with Gasteiger partial charge in [0.05, 0.1) is 0 Å². The number of aliphatic carboxylic acids is 1. The van der Waals surface area contributed by atoms with Gasteiger partial charge in [-0.2, -0.15) is 0 Å². The fourth-order valence-corrected chi connectivity index (χ4v) is 6.42. The molecule has 10 nitrogen and oxygen atoms in total. The van der Waals surface area contributed by atoms with Gasteiger partial charge in [-0.15, -0.1) is 0 Å². The standard InChI is InChI=1S/C43H80O10/c1-3-5-7-9-11-13-15-17-19-21-23-25-27-29-31-33-38(44)51-35-37(36-52-43(50)41(47)40(46)42(48)49)53-39(45)34-32-30-28-26-24-22-20-18-16-14-12-10-8-6-4-2/h37,40-41,46-47H,3-36H2,1-2H3,(H,48,49)/t37?,40-,41-/m1/s1. The molecule has 3 N–H and O–H groups in total. The highest BCUT2D eigenvalue weighted by molar-refractivity contribution is 5.84. The number of carbonyl (C=O) groups is 4. The zero-order valence-corrected chi connectivity index (χ0v) is 34.0. The van der Waals surface area contributed by atoms with E-state index < -0.39 is 48.8 Å². The van der Waals surface area contributed by atoms with Crippen molar-refractivity contribution in [1.82, 2.24) is 0 Å². The monoisotopic (exact) mass is 757 g/mol. The molecule has 1 unspecified atom stereocenters. The molecule has 0 heterocycles. The summed E-state index contributed by atoms with van der Waals surface area (Å²) in [6.07, 6.45) is 31.1. The Morgan fingerprint density at radius 3 is 1.06 bits per heavy atom. The molecule has 0 saturated heterocycles. The van der Waals surface area contributed by atoms with Crippen LogP contribution in [0, 0.1) is 0 Å². The summed E-state index contributed by atoms with van der Waals surface area (Å²) >= 11 is 0. The van der Waals surface area contributed by atoms with E-state index >= 15 is 0 Å². The van der Waals surface area contributed by atoms with Gasteiger partial charge in [0.1, 0.15) is 13.2 Å². The molecular formula is C43H80O10. The van der Waals surface area contributed by atoms with Crippen LogP contribution in [0.1, 0.15) is 219 Å². The number of aliphatic hydroxyl groups is 2. The predicted octanol–water partition coefficient (Wildman–Crippen LogP) is 10.3. The number of esters is 3. The molecule has 3 atom stereocenters. The van der Waals surface area contributed by atoms with Crippen molar-refractivity contribution in [2.45, 2.75) is 238 Å². The van der Waals surface area contributed by atoms with Crippen LogP contribution in [0.2, 0.25) is 0 Å². The van der Waals surface area contributed by atoms with Crippen LogP contribution in [0.25, 0.3) is 0 Å². The minimum Gasteiger partial charge on any atom is -0.479 e. The number of hydrogen-bond acceptors (Lipinski definition) is 9. The van der Waals surface area contributed by atoms with Crippen molar-refractivity contribution in [3.05, 3.63) is 0 Å². The van der Waals surface area contributed by atoms with Gasteiger partial charge in [-0.25, -0.2) is 9.59 Å². The van der Waals surface area contributed by atoms with E-state index in [4.69, 9.17) is 19.3 Å². The van der Waals surface area contributed by atoms with Gasteiger partial charge in [0.2, 0.25) is 0 Å². The first-order valence-electron chi connectivity index (χ1n) is 21.8. The average Bonchev–Trinajstić information content (AvgIpc) is 3.14. The minimum absolute atomic E-state index is 0.163. The van der Waals surface area contributed by atoms with Crippen molar-refractivity contribution < 1.29 is 48.7 Å². The van der Waals surface area contributed by atoms with Crippen LogP contribution in [0.15, 0.2) is 0 Å². The van der Waals surface area contributed by atoms with Gasteiger partial charge in [0.15, 0.2) is 18.3 Å². The number of carboxylic acids is 1. The quantitative estimate of drug-likeness (QED) is 0.0312. The zero-order chi connectivity index (χ0) is 39.2. The maximum atomic E-state index is 12.6. The van der Waals surface area contributed by atoms with Gasteiger partial charge >= 0.3 is 23.9 Å². The first-order chi connectivity index (χ1) is 25.7. The van der Waals surface area contributed by atoms with Crippen molar-refractivity contribution in [1.29, 1.82) is 0 Å². The van der Waals surface area contributed by atoms with E-state index in [1.54, 1.807) is 0 Å². The zero-order valence-electron chi connectivity index (χ0n) is 34.0. The highest BCUT2D eigenvalue weighted by atomic mass is 16.6.